The Morgan fingerprint density at radius 3 is 2.45 bits per heavy atom. The van der Waals surface area contributed by atoms with Crippen LogP contribution in [0.1, 0.15) is 56.9 Å². The summed E-state index contributed by atoms with van der Waals surface area (Å²) in [7, 11) is 1.72. The molecule has 2 atom stereocenters. The van der Waals surface area contributed by atoms with E-state index in [9.17, 15) is 14.9 Å². The SMILES string of the molecule is Cn1ccc(-c2cc(-c3ccc(N4CC5CCC(C4)N5C(=O)CC4CCCCC4)nc3)c3c(C#N)cnn3c2)cc1=O. The number of amides is 1. The van der Waals surface area contributed by atoms with Crippen LogP contribution in [0.4, 0.5) is 5.82 Å². The second-order valence-electron chi connectivity index (χ2n) is 12.2. The minimum atomic E-state index is -0.0944. The van der Waals surface area contributed by atoms with Gasteiger partial charge in [0.05, 0.1) is 17.3 Å². The van der Waals surface area contributed by atoms with Gasteiger partial charge in [-0.15, -0.1) is 0 Å². The highest BCUT2D eigenvalue weighted by Gasteiger charge is 2.43. The molecule has 3 aliphatic rings. The summed E-state index contributed by atoms with van der Waals surface area (Å²) >= 11 is 0. The number of piperazine rings is 1. The summed E-state index contributed by atoms with van der Waals surface area (Å²) in [5, 5.41) is 14.2. The third kappa shape index (κ3) is 4.75. The number of fused-ring (bicyclic) bond motifs is 3. The van der Waals surface area contributed by atoms with E-state index in [1.807, 2.05) is 36.7 Å². The Kier molecular flexibility index (Phi) is 6.77. The number of hydrogen-bond acceptors (Lipinski definition) is 6. The molecule has 42 heavy (non-hydrogen) atoms. The van der Waals surface area contributed by atoms with Gasteiger partial charge in [0, 0.05) is 80.0 Å². The lowest BCUT2D eigenvalue weighted by Crippen LogP contribution is -2.56. The first-order valence-electron chi connectivity index (χ1n) is 15.1. The van der Waals surface area contributed by atoms with Gasteiger partial charge in [-0.2, -0.15) is 10.4 Å². The molecule has 0 N–H and O–H groups in total. The lowest BCUT2D eigenvalue weighted by Gasteiger charge is -2.42. The number of rotatable bonds is 5. The zero-order chi connectivity index (χ0) is 28.8. The minimum absolute atomic E-state index is 0.0944. The van der Waals surface area contributed by atoms with Gasteiger partial charge in [-0.05, 0) is 61.4 Å². The Hall–Kier alpha value is -4.45. The van der Waals surface area contributed by atoms with Crippen LogP contribution >= 0.6 is 0 Å². The Bertz CT molecular complexity index is 1730. The molecule has 6 heterocycles. The van der Waals surface area contributed by atoms with Gasteiger partial charge >= 0.3 is 0 Å². The number of nitriles is 1. The van der Waals surface area contributed by atoms with Crippen molar-refractivity contribution in [1.29, 1.82) is 5.26 Å². The number of carbonyl (C=O) groups excluding carboxylic acids is 1. The molecule has 1 aliphatic carbocycles. The van der Waals surface area contributed by atoms with Gasteiger partial charge in [-0.1, -0.05) is 19.3 Å². The van der Waals surface area contributed by atoms with Gasteiger partial charge in [0.15, 0.2) is 0 Å². The topological polar surface area (TPSA) is 99.5 Å². The number of nitrogens with zero attached hydrogens (tertiary/aromatic N) is 7. The third-order valence-corrected chi connectivity index (χ3v) is 9.51. The Balaban J connectivity index is 1.14. The molecule has 1 saturated carbocycles. The molecule has 7 rings (SSSR count). The average Bonchev–Trinajstić information content (AvgIpc) is 3.56. The second kappa shape index (κ2) is 10.8. The normalized spacial score (nSPS) is 20.7. The number of aryl methyl sites for hydroxylation is 1. The molecular weight excluding hydrogens is 526 g/mol. The van der Waals surface area contributed by atoms with Gasteiger partial charge in [0.25, 0.3) is 5.56 Å². The smallest absolute Gasteiger partial charge is 0.250 e. The molecule has 9 heteroatoms. The molecule has 0 spiro atoms. The zero-order valence-electron chi connectivity index (χ0n) is 23.9. The van der Waals surface area contributed by atoms with Gasteiger partial charge < -0.3 is 14.4 Å². The van der Waals surface area contributed by atoms with E-state index in [-0.39, 0.29) is 17.6 Å². The Morgan fingerprint density at radius 2 is 1.76 bits per heavy atom. The van der Waals surface area contributed by atoms with Gasteiger partial charge in [-0.25, -0.2) is 9.50 Å². The quantitative estimate of drug-likeness (QED) is 0.348. The molecular formula is C33H35N7O2. The molecule has 0 radical (unpaired) electrons. The predicted molar refractivity (Wildman–Crippen MR) is 161 cm³/mol. The summed E-state index contributed by atoms with van der Waals surface area (Å²) in [6, 6.07) is 12.3. The summed E-state index contributed by atoms with van der Waals surface area (Å²) in [5.74, 6) is 1.82. The molecule has 4 aromatic rings. The van der Waals surface area contributed by atoms with E-state index >= 15 is 0 Å². The van der Waals surface area contributed by atoms with Crippen molar-refractivity contribution in [1.82, 2.24) is 24.1 Å². The maximum absolute atomic E-state index is 13.3. The van der Waals surface area contributed by atoms with Crippen molar-refractivity contribution in [3.63, 3.8) is 0 Å². The molecule has 1 amide bonds. The standard InChI is InChI=1S/C33H35N7O2/c1-37-12-11-23(15-31(37)41)25-14-29(33-26(16-34)18-36-39(33)19-25)24-7-10-30(35-17-24)38-20-27-8-9-28(21-38)40(27)32(42)13-22-5-3-2-4-6-22/h7,10-12,14-15,17-19,22,27-28H,2-6,8-9,13,20-21H2,1H3. The van der Waals surface area contributed by atoms with E-state index < -0.39 is 0 Å². The van der Waals surface area contributed by atoms with E-state index in [4.69, 9.17) is 4.98 Å². The van der Waals surface area contributed by atoms with Crippen LogP contribution in [-0.4, -0.2) is 55.1 Å². The van der Waals surface area contributed by atoms with Crippen LogP contribution in [-0.2, 0) is 11.8 Å². The molecule has 2 unspecified atom stereocenters. The van der Waals surface area contributed by atoms with Gasteiger partial charge in [0.1, 0.15) is 11.9 Å². The molecule has 3 fully saturated rings. The zero-order valence-corrected chi connectivity index (χ0v) is 23.9. The van der Waals surface area contributed by atoms with Crippen LogP contribution in [0, 0.1) is 17.2 Å². The lowest BCUT2D eigenvalue weighted by molar-refractivity contribution is -0.135. The van der Waals surface area contributed by atoms with Crippen LogP contribution in [0.15, 0.2) is 59.9 Å². The maximum Gasteiger partial charge on any atom is 0.250 e. The number of hydrogen-bond donors (Lipinski definition) is 0. The summed E-state index contributed by atoms with van der Waals surface area (Å²) in [6.45, 7) is 1.62. The largest absolute Gasteiger partial charge is 0.352 e. The molecule has 4 aromatic heterocycles. The molecule has 2 aliphatic heterocycles. The highest BCUT2D eigenvalue weighted by molar-refractivity contribution is 5.87. The second-order valence-corrected chi connectivity index (χ2v) is 12.2. The van der Waals surface area contributed by atoms with Gasteiger partial charge in [0.2, 0.25) is 5.91 Å². The predicted octanol–water partition coefficient (Wildman–Crippen LogP) is 4.78. The minimum Gasteiger partial charge on any atom is -0.352 e. The summed E-state index contributed by atoms with van der Waals surface area (Å²) in [5.41, 5.74) is 4.42. The first kappa shape index (κ1) is 26.4. The van der Waals surface area contributed by atoms with Crippen molar-refractivity contribution in [3.05, 3.63) is 71.0 Å². The average molecular weight is 562 g/mol. The highest BCUT2D eigenvalue weighted by atomic mass is 16.2. The van der Waals surface area contributed by atoms with E-state index in [1.54, 1.807) is 30.0 Å². The Labute approximate surface area is 245 Å². The van der Waals surface area contributed by atoms with Crippen LogP contribution in [0.3, 0.4) is 0 Å². The van der Waals surface area contributed by atoms with Crippen molar-refractivity contribution in [2.24, 2.45) is 13.0 Å². The van der Waals surface area contributed by atoms with Crippen LogP contribution < -0.4 is 10.5 Å². The fraction of sp³-hybridized carbons (Fsp3) is 0.424. The van der Waals surface area contributed by atoms with Crippen LogP contribution in [0.5, 0.6) is 0 Å². The number of carbonyl (C=O) groups is 1. The number of anilines is 1. The first-order chi connectivity index (χ1) is 20.5. The molecule has 0 aromatic carbocycles. The summed E-state index contributed by atoms with van der Waals surface area (Å²) in [6.07, 6.45) is 16.1. The van der Waals surface area contributed by atoms with Crippen molar-refractivity contribution in [2.75, 3.05) is 18.0 Å². The molecule has 9 nitrogen and oxygen atoms in total. The summed E-state index contributed by atoms with van der Waals surface area (Å²) in [4.78, 5) is 35.0. The van der Waals surface area contributed by atoms with Crippen LogP contribution in [0.2, 0.25) is 0 Å². The van der Waals surface area contributed by atoms with E-state index in [0.717, 1.165) is 54.0 Å². The van der Waals surface area contributed by atoms with Crippen molar-refractivity contribution >= 4 is 17.2 Å². The van der Waals surface area contributed by atoms with Crippen molar-refractivity contribution in [3.8, 4) is 28.3 Å². The third-order valence-electron chi connectivity index (χ3n) is 9.51. The summed E-state index contributed by atoms with van der Waals surface area (Å²) < 4.78 is 3.24. The maximum atomic E-state index is 13.3. The van der Waals surface area contributed by atoms with E-state index in [0.29, 0.717) is 29.3 Å². The molecule has 2 saturated heterocycles. The van der Waals surface area contributed by atoms with E-state index in [1.165, 1.54) is 36.7 Å². The monoisotopic (exact) mass is 561 g/mol. The fourth-order valence-electron chi connectivity index (χ4n) is 7.28. The number of pyridine rings is 3. The number of aromatic nitrogens is 4. The lowest BCUT2D eigenvalue weighted by atomic mass is 9.86. The Morgan fingerprint density at radius 1 is 0.976 bits per heavy atom. The molecule has 214 valence electrons. The van der Waals surface area contributed by atoms with Crippen molar-refractivity contribution < 1.29 is 4.79 Å². The van der Waals surface area contributed by atoms with Crippen molar-refractivity contribution in [2.45, 2.75) is 63.5 Å². The first-order valence-corrected chi connectivity index (χ1v) is 15.1. The fourth-order valence-corrected chi connectivity index (χ4v) is 7.28. The van der Waals surface area contributed by atoms with E-state index in [2.05, 4.69) is 21.0 Å². The highest BCUT2D eigenvalue weighted by Crippen LogP contribution is 2.36. The molecule has 2 bridgehead atoms. The van der Waals surface area contributed by atoms with Gasteiger partial charge in [-0.3, -0.25) is 9.59 Å². The van der Waals surface area contributed by atoms with Crippen LogP contribution in [0.25, 0.3) is 27.8 Å².